The normalized spacial score (nSPS) is 11.5. The largest absolute Gasteiger partial charge is 0.449 e. The molecule has 0 unspecified atom stereocenters. The molecule has 106 valence electrons. The van der Waals surface area contributed by atoms with Crippen LogP contribution in [-0.4, -0.2) is 10.8 Å². The van der Waals surface area contributed by atoms with Crippen LogP contribution in [0.15, 0.2) is 36.4 Å². The van der Waals surface area contributed by atoms with Gasteiger partial charge in [0.25, 0.3) is 5.69 Å². The Hall–Kier alpha value is -3.09. The fourth-order valence-electron chi connectivity index (χ4n) is 1.96. The first-order valence-electron chi connectivity index (χ1n) is 6.09. The van der Waals surface area contributed by atoms with E-state index in [0.29, 0.717) is 22.9 Å². The first-order valence-corrected chi connectivity index (χ1v) is 6.09. The number of anilines is 1. The second-order valence-corrected chi connectivity index (χ2v) is 4.43. The van der Waals surface area contributed by atoms with Gasteiger partial charge in [-0.15, -0.1) is 0 Å². The molecule has 2 aromatic rings. The van der Waals surface area contributed by atoms with E-state index in [1.807, 2.05) is 0 Å². The fraction of sp³-hybridized carbons (Fsp3) is 0.0714. The summed E-state index contributed by atoms with van der Waals surface area (Å²) >= 11 is 0. The summed E-state index contributed by atoms with van der Waals surface area (Å²) in [6.07, 6.45) is 0. The van der Waals surface area contributed by atoms with E-state index in [1.165, 1.54) is 25.1 Å². The van der Waals surface area contributed by atoms with Crippen LogP contribution in [0, 0.1) is 10.1 Å². The summed E-state index contributed by atoms with van der Waals surface area (Å²) in [4.78, 5) is 21.3. The zero-order valence-electron chi connectivity index (χ0n) is 11.0. The number of nitro benzene ring substituents is 1. The lowest BCUT2D eigenvalue weighted by Crippen LogP contribution is -2.06. The van der Waals surface area contributed by atoms with Crippen LogP contribution in [0.4, 0.5) is 11.4 Å². The molecule has 7 nitrogen and oxygen atoms in total. The minimum atomic E-state index is -0.501. The van der Waals surface area contributed by atoms with Crippen molar-refractivity contribution >= 4 is 17.3 Å². The molecule has 1 aliphatic rings. The van der Waals surface area contributed by atoms with Crippen molar-refractivity contribution in [2.24, 2.45) is 0 Å². The maximum absolute atomic E-state index is 11.0. The maximum Gasteiger partial charge on any atom is 0.273 e. The van der Waals surface area contributed by atoms with Crippen molar-refractivity contribution in [1.82, 2.24) is 0 Å². The highest BCUT2D eigenvalue weighted by Gasteiger charge is 2.21. The van der Waals surface area contributed by atoms with E-state index in [9.17, 15) is 14.9 Å². The van der Waals surface area contributed by atoms with Crippen molar-refractivity contribution in [2.75, 3.05) is 5.32 Å². The average Bonchev–Trinajstić information content (AvgIpc) is 2.43. The Kier molecular flexibility index (Phi) is 2.94. The summed E-state index contributed by atoms with van der Waals surface area (Å²) in [5.41, 5.74) is 0.505. The molecule has 3 rings (SSSR count). The summed E-state index contributed by atoms with van der Waals surface area (Å²) in [5.74, 6) is 1.33. The number of benzene rings is 2. The summed E-state index contributed by atoms with van der Waals surface area (Å²) in [6.45, 7) is 1.41. The highest BCUT2D eigenvalue weighted by molar-refractivity contribution is 5.89. The number of ether oxygens (including phenoxy) is 2. The van der Waals surface area contributed by atoms with Crippen LogP contribution >= 0.6 is 0 Å². The van der Waals surface area contributed by atoms with Gasteiger partial charge in [-0.25, -0.2) is 0 Å². The monoisotopic (exact) mass is 286 g/mol. The van der Waals surface area contributed by atoms with Crippen molar-refractivity contribution < 1.29 is 19.2 Å². The zero-order valence-corrected chi connectivity index (χ0v) is 11.0. The van der Waals surface area contributed by atoms with Gasteiger partial charge >= 0.3 is 0 Å². The second kappa shape index (κ2) is 4.78. The van der Waals surface area contributed by atoms with Gasteiger partial charge in [-0.2, -0.15) is 0 Å². The smallest absolute Gasteiger partial charge is 0.273 e. The molecule has 7 heteroatoms. The van der Waals surface area contributed by atoms with Gasteiger partial charge in [-0.05, 0) is 18.2 Å². The van der Waals surface area contributed by atoms with Crippen molar-refractivity contribution in [2.45, 2.75) is 6.92 Å². The average molecular weight is 286 g/mol. The van der Waals surface area contributed by atoms with E-state index in [2.05, 4.69) is 5.32 Å². The number of nitro groups is 1. The molecule has 1 aliphatic heterocycles. The van der Waals surface area contributed by atoms with Crippen molar-refractivity contribution in [3.63, 3.8) is 0 Å². The lowest BCUT2D eigenvalue weighted by atomic mass is 10.2. The highest BCUT2D eigenvalue weighted by atomic mass is 16.6. The zero-order chi connectivity index (χ0) is 15.0. The van der Waals surface area contributed by atoms with Crippen LogP contribution in [0.3, 0.4) is 0 Å². The van der Waals surface area contributed by atoms with Gasteiger partial charge in [0.2, 0.25) is 5.91 Å². The van der Waals surface area contributed by atoms with Crippen LogP contribution < -0.4 is 14.8 Å². The first kappa shape index (κ1) is 12.9. The Bertz CT molecular complexity index is 757. The first-order chi connectivity index (χ1) is 10.0. The molecular weight excluding hydrogens is 276 g/mol. The number of nitrogens with zero attached hydrogens (tertiary/aromatic N) is 1. The van der Waals surface area contributed by atoms with Gasteiger partial charge in [-0.3, -0.25) is 14.9 Å². The Morgan fingerprint density at radius 3 is 2.29 bits per heavy atom. The third-order valence-electron chi connectivity index (χ3n) is 2.84. The van der Waals surface area contributed by atoms with Gasteiger partial charge < -0.3 is 14.8 Å². The molecule has 2 aromatic carbocycles. The van der Waals surface area contributed by atoms with Crippen LogP contribution in [0.5, 0.6) is 23.0 Å². The van der Waals surface area contributed by atoms with E-state index in [0.717, 1.165) is 0 Å². The molecule has 1 N–H and O–H groups in total. The van der Waals surface area contributed by atoms with Gasteiger partial charge in [0.15, 0.2) is 23.0 Å². The molecule has 0 saturated carbocycles. The van der Waals surface area contributed by atoms with Crippen LogP contribution in [0.25, 0.3) is 0 Å². The van der Waals surface area contributed by atoms with Crippen molar-refractivity contribution in [3.05, 3.63) is 46.5 Å². The number of amides is 1. The molecule has 21 heavy (non-hydrogen) atoms. The number of carbonyl (C=O) groups excluding carboxylic acids is 1. The van der Waals surface area contributed by atoms with Gasteiger partial charge in [0.05, 0.1) is 11.0 Å². The highest BCUT2D eigenvalue weighted by Crippen LogP contribution is 2.47. The number of carbonyl (C=O) groups is 1. The third-order valence-corrected chi connectivity index (χ3v) is 2.84. The van der Waals surface area contributed by atoms with Gasteiger partial charge in [0, 0.05) is 24.7 Å². The summed E-state index contributed by atoms with van der Waals surface area (Å²) in [6, 6.07) is 9.03. The standard InChI is InChI=1S/C14H10N2O5/c1-8(17)15-9-2-4-11-13(6-9)20-12-5-3-10(16(18)19)7-14(12)21-11/h2-7H,1H3,(H,15,17). The van der Waals surface area contributed by atoms with Crippen molar-refractivity contribution in [3.8, 4) is 23.0 Å². The molecule has 0 atom stereocenters. The molecule has 0 bridgehead atoms. The van der Waals surface area contributed by atoms with E-state index in [4.69, 9.17) is 9.47 Å². The number of hydrogen-bond acceptors (Lipinski definition) is 5. The lowest BCUT2D eigenvalue weighted by molar-refractivity contribution is -0.384. The number of nitrogens with one attached hydrogen (secondary N) is 1. The molecule has 0 spiro atoms. The molecule has 0 fully saturated rings. The topological polar surface area (TPSA) is 90.7 Å². The van der Waals surface area contributed by atoms with Crippen LogP contribution in [0.1, 0.15) is 6.92 Å². The lowest BCUT2D eigenvalue weighted by Gasteiger charge is -2.20. The number of rotatable bonds is 2. The predicted octanol–water partition coefficient (Wildman–Crippen LogP) is 3.45. The molecule has 0 aromatic heterocycles. The van der Waals surface area contributed by atoms with Crippen LogP contribution in [0.2, 0.25) is 0 Å². The predicted molar refractivity (Wildman–Crippen MR) is 74.0 cm³/mol. The molecule has 1 heterocycles. The summed E-state index contributed by atoms with van der Waals surface area (Å²) in [7, 11) is 0. The van der Waals surface area contributed by atoms with E-state index in [-0.39, 0.29) is 17.3 Å². The fourth-order valence-corrected chi connectivity index (χ4v) is 1.96. The third kappa shape index (κ3) is 2.48. The summed E-state index contributed by atoms with van der Waals surface area (Å²) in [5, 5.41) is 13.4. The molecule has 0 radical (unpaired) electrons. The minimum Gasteiger partial charge on any atom is -0.449 e. The number of hydrogen-bond donors (Lipinski definition) is 1. The molecule has 1 amide bonds. The Balaban J connectivity index is 1.94. The summed E-state index contributed by atoms with van der Waals surface area (Å²) < 4.78 is 11.2. The van der Waals surface area contributed by atoms with Gasteiger partial charge in [-0.1, -0.05) is 0 Å². The van der Waals surface area contributed by atoms with E-state index >= 15 is 0 Å². The number of non-ortho nitro benzene ring substituents is 1. The molecular formula is C14H10N2O5. The van der Waals surface area contributed by atoms with Crippen molar-refractivity contribution in [1.29, 1.82) is 0 Å². The Labute approximate surface area is 119 Å². The quantitative estimate of drug-likeness (QED) is 0.575. The molecule has 0 aliphatic carbocycles. The van der Waals surface area contributed by atoms with Crippen LogP contribution in [-0.2, 0) is 4.79 Å². The van der Waals surface area contributed by atoms with Gasteiger partial charge in [0.1, 0.15) is 0 Å². The second-order valence-electron chi connectivity index (χ2n) is 4.43. The number of fused-ring (bicyclic) bond motifs is 2. The minimum absolute atomic E-state index is 0.0735. The Morgan fingerprint density at radius 1 is 1.05 bits per heavy atom. The maximum atomic E-state index is 11.0. The van der Waals surface area contributed by atoms with E-state index in [1.54, 1.807) is 18.2 Å². The molecule has 0 saturated heterocycles. The Morgan fingerprint density at radius 2 is 1.67 bits per heavy atom. The van der Waals surface area contributed by atoms with E-state index < -0.39 is 4.92 Å². The SMILES string of the molecule is CC(=O)Nc1ccc2c(c1)Oc1ccc([N+](=O)[O-])cc1O2.